The SMILES string of the molecule is CC(C)(C)c1ccc(OCc2ccc(Cl)cc2)c(/C=N/N=C(N)N)c1. The largest absolute Gasteiger partial charge is 0.488 e. The molecule has 0 fully saturated rings. The Morgan fingerprint density at radius 1 is 1.12 bits per heavy atom. The summed E-state index contributed by atoms with van der Waals surface area (Å²) in [5.41, 5.74) is 13.6. The molecule has 0 saturated heterocycles. The Bertz CT molecular complexity index is 773. The predicted octanol–water partition coefficient (Wildman–Crippen LogP) is 3.82. The lowest BCUT2D eigenvalue weighted by atomic mass is 9.86. The summed E-state index contributed by atoms with van der Waals surface area (Å²) in [5.74, 6) is 0.615. The minimum absolute atomic E-state index is 0.00740. The first-order valence-electron chi connectivity index (χ1n) is 7.89. The first-order valence-corrected chi connectivity index (χ1v) is 8.27. The maximum atomic E-state index is 5.94. The quantitative estimate of drug-likeness (QED) is 0.484. The van der Waals surface area contributed by atoms with Crippen LogP contribution >= 0.6 is 11.6 Å². The molecule has 2 aromatic rings. The first kappa shape index (κ1) is 18.8. The van der Waals surface area contributed by atoms with Gasteiger partial charge in [0, 0.05) is 10.6 Å². The third-order valence-electron chi connectivity index (χ3n) is 3.55. The summed E-state index contributed by atoms with van der Waals surface area (Å²) in [5, 5.41) is 8.26. The van der Waals surface area contributed by atoms with Gasteiger partial charge in [-0.25, -0.2) is 0 Å². The number of guanidine groups is 1. The van der Waals surface area contributed by atoms with Crippen LogP contribution in [-0.2, 0) is 12.0 Å². The standard InChI is InChI=1S/C19H23ClN4O/c1-19(2,3)15-6-9-17(14(10-15)11-23-24-18(21)22)25-12-13-4-7-16(20)8-5-13/h4-11H,12H2,1-3H3,(H4,21,22,24)/b23-11+. The first-order chi connectivity index (χ1) is 11.8. The molecule has 0 amide bonds. The molecule has 0 unspecified atom stereocenters. The smallest absolute Gasteiger partial charge is 0.211 e. The Morgan fingerprint density at radius 2 is 1.80 bits per heavy atom. The number of halogens is 1. The Hall–Kier alpha value is -2.53. The van der Waals surface area contributed by atoms with Crippen molar-refractivity contribution in [3.05, 3.63) is 64.2 Å². The molecule has 25 heavy (non-hydrogen) atoms. The van der Waals surface area contributed by atoms with Crippen LogP contribution in [0.15, 0.2) is 52.7 Å². The van der Waals surface area contributed by atoms with Gasteiger partial charge < -0.3 is 16.2 Å². The highest BCUT2D eigenvalue weighted by atomic mass is 35.5. The topological polar surface area (TPSA) is 86.0 Å². The summed E-state index contributed by atoms with van der Waals surface area (Å²) in [4.78, 5) is 0. The van der Waals surface area contributed by atoms with Gasteiger partial charge in [0.25, 0.3) is 0 Å². The molecule has 5 nitrogen and oxygen atoms in total. The highest BCUT2D eigenvalue weighted by molar-refractivity contribution is 6.30. The summed E-state index contributed by atoms with van der Waals surface area (Å²) in [6.07, 6.45) is 1.59. The van der Waals surface area contributed by atoms with Gasteiger partial charge in [0.2, 0.25) is 5.96 Å². The van der Waals surface area contributed by atoms with Crippen molar-refractivity contribution in [1.29, 1.82) is 0 Å². The Balaban J connectivity index is 2.26. The number of hydrogen-bond donors (Lipinski definition) is 2. The molecule has 0 aliphatic carbocycles. The molecular weight excluding hydrogens is 336 g/mol. The summed E-state index contributed by atoms with van der Waals surface area (Å²) < 4.78 is 5.94. The van der Waals surface area contributed by atoms with Crippen molar-refractivity contribution in [3.8, 4) is 5.75 Å². The van der Waals surface area contributed by atoms with E-state index in [-0.39, 0.29) is 11.4 Å². The van der Waals surface area contributed by atoms with Gasteiger partial charge in [-0.05, 0) is 40.8 Å². The van der Waals surface area contributed by atoms with Crippen molar-refractivity contribution in [2.24, 2.45) is 21.7 Å². The van der Waals surface area contributed by atoms with Crippen LogP contribution in [0.1, 0.15) is 37.5 Å². The van der Waals surface area contributed by atoms with E-state index in [0.717, 1.165) is 16.7 Å². The lowest BCUT2D eigenvalue weighted by Gasteiger charge is -2.20. The zero-order valence-corrected chi connectivity index (χ0v) is 15.4. The third kappa shape index (κ3) is 5.80. The monoisotopic (exact) mass is 358 g/mol. The maximum Gasteiger partial charge on any atom is 0.211 e. The second kappa shape index (κ2) is 8.03. The fourth-order valence-corrected chi connectivity index (χ4v) is 2.27. The Kier molecular flexibility index (Phi) is 6.04. The van der Waals surface area contributed by atoms with Gasteiger partial charge in [0.05, 0.1) is 6.21 Å². The summed E-state index contributed by atoms with van der Waals surface area (Å²) in [6, 6.07) is 13.6. The zero-order chi connectivity index (χ0) is 18.4. The minimum atomic E-state index is -0.0909. The van der Waals surface area contributed by atoms with Crippen LogP contribution < -0.4 is 16.2 Å². The second-order valence-corrected chi connectivity index (χ2v) is 7.12. The van der Waals surface area contributed by atoms with Crippen molar-refractivity contribution in [1.82, 2.24) is 0 Å². The number of nitrogens with zero attached hydrogens (tertiary/aromatic N) is 2. The van der Waals surface area contributed by atoms with Crippen molar-refractivity contribution >= 4 is 23.8 Å². The van der Waals surface area contributed by atoms with E-state index in [0.29, 0.717) is 17.4 Å². The molecule has 6 heteroatoms. The van der Waals surface area contributed by atoms with Crippen molar-refractivity contribution in [2.45, 2.75) is 32.8 Å². The van der Waals surface area contributed by atoms with E-state index in [9.17, 15) is 0 Å². The molecule has 0 aliphatic rings. The van der Waals surface area contributed by atoms with Crippen LogP contribution in [-0.4, -0.2) is 12.2 Å². The molecular formula is C19H23ClN4O. The van der Waals surface area contributed by atoms with Gasteiger partial charge in [0.1, 0.15) is 12.4 Å². The van der Waals surface area contributed by atoms with Crippen LogP contribution in [0.2, 0.25) is 5.02 Å². The van der Waals surface area contributed by atoms with Gasteiger partial charge in [0.15, 0.2) is 0 Å². The van der Waals surface area contributed by atoms with E-state index < -0.39 is 0 Å². The van der Waals surface area contributed by atoms with Crippen molar-refractivity contribution in [3.63, 3.8) is 0 Å². The van der Waals surface area contributed by atoms with E-state index >= 15 is 0 Å². The normalized spacial score (nSPS) is 11.5. The molecule has 0 saturated carbocycles. The van der Waals surface area contributed by atoms with Gasteiger partial charge in [-0.2, -0.15) is 5.10 Å². The molecule has 132 valence electrons. The minimum Gasteiger partial charge on any atom is -0.488 e. The average Bonchev–Trinajstić information content (AvgIpc) is 2.54. The second-order valence-electron chi connectivity index (χ2n) is 6.69. The van der Waals surface area contributed by atoms with E-state index in [1.807, 2.05) is 36.4 Å². The molecule has 0 bridgehead atoms. The third-order valence-corrected chi connectivity index (χ3v) is 3.81. The van der Waals surface area contributed by atoms with Crippen LogP contribution in [0, 0.1) is 0 Å². The highest BCUT2D eigenvalue weighted by Gasteiger charge is 2.15. The predicted molar refractivity (Wildman–Crippen MR) is 104 cm³/mol. The van der Waals surface area contributed by atoms with Crippen LogP contribution in [0.25, 0.3) is 0 Å². The van der Waals surface area contributed by atoms with Gasteiger partial charge in [-0.1, -0.05) is 50.6 Å². The molecule has 0 atom stereocenters. The number of hydrogen-bond acceptors (Lipinski definition) is 3. The lowest BCUT2D eigenvalue weighted by molar-refractivity contribution is 0.305. The Morgan fingerprint density at radius 3 is 2.40 bits per heavy atom. The summed E-state index contributed by atoms with van der Waals surface area (Å²) in [7, 11) is 0. The highest BCUT2D eigenvalue weighted by Crippen LogP contribution is 2.28. The molecule has 0 radical (unpaired) electrons. The lowest BCUT2D eigenvalue weighted by Crippen LogP contribution is -2.21. The van der Waals surface area contributed by atoms with Crippen LogP contribution in [0.3, 0.4) is 0 Å². The molecule has 0 aliphatic heterocycles. The Labute approximate surface area is 153 Å². The molecule has 0 spiro atoms. The summed E-state index contributed by atoms with van der Waals surface area (Å²) in [6.45, 7) is 6.86. The molecule has 0 heterocycles. The van der Waals surface area contributed by atoms with Crippen LogP contribution in [0.5, 0.6) is 5.75 Å². The van der Waals surface area contributed by atoms with Gasteiger partial charge >= 0.3 is 0 Å². The molecule has 0 aromatic heterocycles. The fourth-order valence-electron chi connectivity index (χ4n) is 2.15. The average molecular weight is 359 g/mol. The van der Waals surface area contributed by atoms with E-state index in [1.54, 1.807) is 6.21 Å². The van der Waals surface area contributed by atoms with Crippen molar-refractivity contribution < 1.29 is 4.74 Å². The molecule has 2 rings (SSSR count). The molecule has 2 aromatic carbocycles. The number of benzene rings is 2. The number of ether oxygens (including phenoxy) is 1. The van der Waals surface area contributed by atoms with E-state index in [2.05, 4.69) is 37.0 Å². The van der Waals surface area contributed by atoms with Gasteiger partial charge in [-0.3, -0.25) is 0 Å². The van der Waals surface area contributed by atoms with Crippen molar-refractivity contribution in [2.75, 3.05) is 0 Å². The fraction of sp³-hybridized carbons (Fsp3) is 0.263. The van der Waals surface area contributed by atoms with E-state index in [1.165, 1.54) is 0 Å². The zero-order valence-electron chi connectivity index (χ0n) is 14.7. The van der Waals surface area contributed by atoms with E-state index in [4.69, 9.17) is 27.8 Å². The number of rotatable bonds is 5. The molecule has 4 N–H and O–H groups in total. The van der Waals surface area contributed by atoms with Crippen LogP contribution in [0.4, 0.5) is 0 Å². The van der Waals surface area contributed by atoms with Gasteiger partial charge in [-0.15, -0.1) is 5.10 Å². The number of nitrogens with two attached hydrogens (primary N) is 2. The maximum absolute atomic E-state index is 5.94. The summed E-state index contributed by atoms with van der Waals surface area (Å²) >= 11 is 5.91.